The molecule has 0 radical (unpaired) electrons. The summed E-state index contributed by atoms with van der Waals surface area (Å²) >= 11 is 0. The van der Waals surface area contributed by atoms with Crippen LogP contribution in [0.1, 0.15) is 44.8 Å². The molecule has 0 saturated carbocycles. The van der Waals surface area contributed by atoms with E-state index < -0.39 is 17.6 Å². The molecule has 2 fully saturated rings. The summed E-state index contributed by atoms with van der Waals surface area (Å²) in [5.74, 6) is 0.282. The van der Waals surface area contributed by atoms with Crippen molar-refractivity contribution >= 4 is 11.9 Å². The van der Waals surface area contributed by atoms with Gasteiger partial charge in [0.2, 0.25) is 5.91 Å². The summed E-state index contributed by atoms with van der Waals surface area (Å²) < 4.78 is 6.66. The predicted molar refractivity (Wildman–Crippen MR) is 115 cm³/mol. The largest absolute Gasteiger partial charge is 0.453 e. The van der Waals surface area contributed by atoms with Crippen molar-refractivity contribution < 1.29 is 19.4 Å². The van der Waals surface area contributed by atoms with Crippen LogP contribution < -0.4 is 0 Å². The highest BCUT2D eigenvalue weighted by Gasteiger charge is 2.53. The number of rotatable bonds is 5. The summed E-state index contributed by atoms with van der Waals surface area (Å²) in [7, 11) is 0. The summed E-state index contributed by atoms with van der Waals surface area (Å²) in [4.78, 5) is 33.4. The van der Waals surface area contributed by atoms with Crippen LogP contribution in [-0.4, -0.2) is 83.8 Å². The molecule has 2 saturated heterocycles. The van der Waals surface area contributed by atoms with E-state index in [0.717, 1.165) is 37.9 Å². The third kappa shape index (κ3) is 3.91. The molecule has 3 atom stereocenters. The maximum Gasteiger partial charge on any atom is 0.333 e. The zero-order chi connectivity index (χ0) is 23.2. The lowest BCUT2D eigenvalue weighted by atomic mass is 9.76. The number of esters is 1. The molecule has 5 rings (SSSR count). The van der Waals surface area contributed by atoms with Gasteiger partial charge >= 0.3 is 5.97 Å². The van der Waals surface area contributed by atoms with Crippen molar-refractivity contribution in [3.8, 4) is 5.82 Å². The molecule has 5 heterocycles. The van der Waals surface area contributed by atoms with Gasteiger partial charge in [-0.25, -0.2) is 9.78 Å². The SMILES string of the molecule is CC1OC(=O)C=C1N1C(=O)C2(CCN(C[C@H](O)c3ccc(-n4cnnn4)nc3)CC2)C[C@@H]1C. The van der Waals surface area contributed by atoms with Gasteiger partial charge in [-0.05, 0) is 62.7 Å². The van der Waals surface area contributed by atoms with E-state index in [2.05, 4.69) is 25.4 Å². The second kappa shape index (κ2) is 8.31. The number of pyridine rings is 1. The summed E-state index contributed by atoms with van der Waals surface area (Å²) in [5, 5.41) is 21.7. The Morgan fingerprint density at radius 3 is 2.64 bits per heavy atom. The smallest absolute Gasteiger partial charge is 0.333 e. The molecule has 1 unspecified atom stereocenters. The molecular formula is C22H27N7O4. The van der Waals surface area contributed by atoms with E-state index >= 15 is 0 Å². The van der Waals surface area contributed by atoms with Gasteiger partial charge in [0.1, 0.15) is 12.4 Å². The van der Waals surface area contributed by atoms with Crippen molar-refractivity contribution in [3.63, 3.8) is 0 Å². The maximum atomic E-state index is 13.4. The number of piperidine rings is 1. The maximum absolute atomic E-state index is 13.4. The molecule has 1 spiro atoms. The molecule has 3 aliphatic heterocycles. The van der Waals surface area contributed by atoms with Crippen LogP contribution in [-0.2, 0) is 14.3 Å². The molecule has 11 nitrogen and oxygen atoms in total. The lowest BCUT2D eigenvalue weighted by Gasteiger charge is -2.38. The molecule has 2 aromatic rings. The monoisotopic (exact) mass is 453 g/mol. The molecule has 2 aromatic heterocycles. The number of tetrazole rings is 1. The fraction of sp³-hybridized carbons (Fsp3) is 0.545. The number of aromatic nitrogens is 5. The van der Waals surface area contributed by atoms with Crippen molar-refractivity contribution in [2.24, 2.45) is 5.41 Å². The number of ether oxygens (including phenoxy) is 1. The second-order valence-corrected chi connectivity index (χ2v) is 9.18. The summed E-state index contributed by atoms with van der Waals surface area (Å²) in [5.41, 5.74) is 0.975. The fourth-order valence-corrected chi connectivity index (χ4v) is 5.27. The number of aliphatic hydroxyl groups is 1. The molecule has 174 valence electrons. The number of amides is 1. The molecule has 3 aliphatic rings. The molecule has 1 N–H and O–H groups in total. The lowest BCUT2D eigenvalue weighted by Crippen LogP contribution is -2.46. The van der Waals surface area contributed by atoms with E-state index in [1.807, 2.05) is 13.0 Å². The van der Waals surface area contributed by atoms with Crippen molar-refractivity contribution in [1.82, 2.24) is 35.0 Å². The predicted octanol–water partition coefficient (Wildman–Crippen LogP) is 0.623. The van der Waals surface area contributed by atoms with Gasteiger partial charge in [-0.2, -0.15) is 4.68 Å². The van der Waals surface area contributed by atoms with Crippen LogP contribution in [0.5, 0.6) is 0 Å². The third-order valence-electron chi connectivity index (χ3n) is 7.04. The first-order valence-electron chi connectivity index (χ1n) is 11.2. The number of aliphatic hydroxyl groups excluding tert-OH is 1. The molecule has 1 amide bonds. The third-order valence-corrected chi connectivity index (χ3v) is 7.04. The van der Waals surface area contributed by atoms with Gasteiger partial charge in [0.25, 0.3) is 0 Å². The van der Waals surface area contributed by atoms with Crippen LogP contribution in [0.2, 0.25) is 0 Å². The number of nitrogens with zero attached hydrogens (tertiary/aromatic N) is 7. The van der Waals surface area contributed by atoms with Crippen LogP contribution in [0.3, 0.4) is 0 Å². The highest BCUT2D eigenvalue weighted by Crippen LogP contribution is 2.46. The molecule has 11 heteroatoms. The number of hydrogen-bond acceptors (Lipinski definition) is 9. The van der Waals surface area contributed by atoms with E-state index in [4.69, 9.17) is 4.74 Å². The van der Waals surface area contributed by atoms with E-state index in [0.29, 0.717) is 18.1 Å². The topological polar surface area (TPSA) is 127 Å². The molecule has 33 heavy (non-hydrogen) atoms. The van der Waals surface area contributed by atoms with Crippen LogP contribution in [0.4, 0.5) is 0 Å². The molecule has 0 aliphatic carbocycles. The van der Waals surface area contributed by atoms with Crippen molar-refractivity contribution in [3.05, 3.63) is 42.0 Å². The number of likely N-dealkylation sites (tertiary alicyclic amines) is 2. The number of cyclic esters (lactones) is 1. The van der Waals surface area contributed by atoms with E-state index in [-0.39, 0.29) is 17.9 Å². The number of β-amino-alcohol motifs (C(OH)–C–C–N with tert-alkyl or cyclic N) is 1. The van der Waals surface area contributed by atoms with Gasteiger partial charge in [-0.1, -0.05) is 6.07 Å². The van der Waals surface area contributed by atoms with Gasteiger partial charge in [0.05, 0.1) is 17.2 Å². The molecular weight excluding hydrogens is 426 g/mol. The van der Waals surface area contributed by atoms with Crippen LogP contribution >= 0.6 is 0 Å². The first-order valence-corrected chi connectivity index (χ1v) is 11.2. The average Bonchev–Trinajstić information content (AvgIpc) is 3.50. The van der Waals surface area contributed by atoms with Gasteiger partial charge < -0.3 is 19.6 Å². The van der Waals surface area contributed by atoms with Crippen molar-refractivity contribution in [2.45, 2.75) is 51.4 Å². The molecule has 0 aromatic carbocycles. The van der Waals surface area contributed by atoms with Gasteiger partial charge in [0.15, 0.2) is 5.82 Å². The molecule has 0 bridgehead atoms. The number of carbonyl (C=O) groups excluding carboxylic acids is 2. The normalized spacial score (nSPS) is 26.0. The highest BCUT2D eigenvalue weighted by molar-refractivity contribution is 5.91. The standard InChI is InChI=1S/C22H27N7O4/c1-14-10-22(21(32)29(14)17-9-20(31)33-15(17)2)5-7-27(8-6-22)12-18(30)16-3-4-19(23-11-16)28-13-24-25-26-28/h3-4,9,11,13-15,18,30H,5-8,10,12H2,1-2H3/t14-,15?,18-/m0/s1. The number of carbonyl (C=O) groups is 2. The lowest BCUT2D eigenvalue weighted by molar-refractivity contribution is -0.141. The Morgan fingerprint density at radius 2 is 2.03 bits per heavy atom. The minimum atomic E-state index is -0.683. The second-order valence-electron chi connectivity index (χ2n) is 9.18. The minimum absolute atomic E-state index is 0.0302. The van der Waals surface area contributed by atoms with Crippen molar-refractivity contribution in [1.29, 1.82) is 0 Å². The fourth-order valence-electron chi connectivity index (χ4n) is 5.27. The van der Waals surface area contributed by atoms with Gasteiger partial charge in [-0.15, -0.1) is 5.10 Å². The zero-order valence-corrected chi connectivity index (χ0v) is 18.7. The Morgan fingerprint density at radius 1 is 1.24 bits per heavy atom. The minimum Gasteiger partial charge on any atom is -0.453 e. The van der Waals surface area contributed by atoms with E-state index in [1.165, 1.54) is 17.1 Å². The first kappa shape index (κ1) is 21.7. The Hall–Kier alpha value is -3.18. The highest BCUT2D eigenvalue weighted by atomic mass is 16.5. The van der Waals surface area contributed by atoms with Crippen LogP contribution in [0, 0.1) is 5.41 Å². The Bertz CT molecular complexity index is 1060. The van der Waals surface area contributed by atoms with E-state index in [9.17, 15) is 14.7 Å². The Kier molecular flexibility index (Phi) is 5.45. The quantitative estimate of drug-likeness (QED) is 0.648. The zero-order valence-electron chi connectivity index (χ0n) is 18.7. The van der Waals surface area contributed by atoms with Gasteiger partial charge in [0, 0.05) is 30.4 Å². The first-order chi connectivity index (χ1) is 15.9. The summed E-state index contributed by atoms with van der Waals surface area (Å²) in [6, 6.07) is 3.61. The summed E-state index contributed by atoms with van der Waals surface area (Å²) in [6.45, 7) is 5.76. The Labute approximate surface area is 191 Å². The van der Waals surface area contributed by atoms with Crippen LogP contribution in [0.25, 0.3) is 5.82 Å². The summed E-state index contributed by atoms with van der Waals surface area (Å²) in [6.07, 6.45) is 5.69. The van der Waals surface area contributed by atoms with E-state index in [1.54, 1.807) is 24.1 Å². The average molecular weight is 454 g/mol. The van der Waals surface area contributed by atoms with Gasteiger partial charge in [-0.3, -0.25) is 4.79 Å². The number of hydrogen-bond donors (Lipinski definition) is 1. The van der Waals surface area contributed by atoms with Crippen molar-refractivity contribution in [2.75, 3.05) is 19.6 Å². The Balaban J connectivity index is 1.20. The van der Waals surface area contributed by atoms with Crippen LogP contribution in [0.15, 0.2) is 36.4 Å².